The molecule has 0 radical (unpaired) electrons. The van der Waals surface area contributed by atoms with E-state index in [1.54, 1.807) is 42.5 Å². The molecule has 0 amide bonds. The summed E-state index contributed by atoms with van der Waals surface area (Å²) >= 11 is 6.59. The molecule has 3 aromatic rings. The highest BCUT2D eigenvalue weighted by Gasteiger charge is 2.26. The first-order valence-corrected chi connectivity index (χ1v) is 12.7. The summed E-state index contributed by atoms with van der Waals surface area (Å²) in [5, 5.41) is 0.521. The molecule has 6 nitrogen and oxygen atoms in total. The van der Waals surface area contributed by atoms with Crippen molar-refractivity contribution in [3.05, 3.63) is 74.1 Å². The molecule has 1 heterocycles. The van der Waals surface area contributed by atoms with Crippen LogP contribution in [0.3, 0.4) is 0 Å². The Balaban J connectivity index is 1.90. The lowest BCUT2D eigenvalue weighted by molar-refractivity contribution is 0.415. The number of halogens is 1. The monoisotopic (exact) mass is 470 g/mol. The average Bonchev–Trinajstić information content (AvgIpc) is 2.65. The van der Waals surface area contributed by atoms with Gasteiger partial charge in [0.25, 0.3) is 4.74 Å². The first-order valence-electron chi connectivity index (χ1n) is 8.11. The standard InChI is InChI=1S/C19H15ClO6S3/c1-26-16-6-2-13(3-7-16)8-9-28(22,23)12-29(24,25)18-10-14-4-5-15(20)11-17(14)27-19(18)21/h2-11H,12H2,1H3/b9-8+. The van der Waals surface area contributed by atoms with Gasteiger partial charge in [-0.2, -0.15) is 0 Å². The van der Waals surface area contributed by atoms with Crippen LogP contribution in [0.1, 0.15) is 5.56 Å². The van der Waals surface area contributed by atoms with Crippen molar-refractivity contribution in [3.63, 3.8) is 0 Å². The van der Waals surface area contributed by atoms with Gasteiger partial charge in [-0.25, -0.2) is 16.8 Å². The molecule has 0 spiro atoms. The van der Waals surface area contributed by atoms with E-state index in [2.05, 4.69) is 0 Å². The van der Waals surface area contributed by atoms with Gasteiger partial charge in [-0.15, -0.1) is 0 Å². The zero-order chi connectivity index (χ0) is 21.2. The number of sulfone groups is 2. The summed E-state index contributed by atoms with van der Waals surface area (Å²) in [6.45, 7) is 0. The molecule has 0 unspecified atom stereocenters. The van der Waals surface area contributed by atoms with E-state index < -0.39 is 34.4 Å². The normalized spacial score (nSPS) is 12.5. The minimum Gasteiger partial charge on any atom is -0.497 e. The van der Waals surface area contributed by atoms with Crippen molar-refractivity contribution in [3.8, 4) is 5.75 Å². The predicted molar refractivity (Wildman–Crippen MR) is 116 cm³/mol. The third-order valence-electron chi connectivity index (χ3n) is 3.90. The van der Waals surface area contributed by atoms with Gasteiger partial charge >= 0.3 is 0 Å². The van der Waals surface area contributed by atoms with Crippen LogP contribution in [0.25, 0.3) is 16.2 Å². The molecule has 10 heteroatoms. The fraction of sp³-hybridized carbons (Fsp3) is 0.105. The molecule has 29 heavy (non-hydrogen) atoms. The minimum atomic E-state index is -4.36. The Bertz CT molecular complexity index is 1360. The van der Waals surface area contributed by atoms with Crippen LogP contribution in [-0.4, -0.2) is 29.0 Å². The molecule has 0 saturated heterocycles. The van der Waals surface area contributed by atoms with E-state index in [1.807, 2.05) is 0 Å². The SMILES string of the molecule is COc1ccc(/C=C/S(=O)(=O)CS(=O)(=O)c2cc3ccc(Cl)cc3sc2=O)cc1. The van der Waals surface area contributed by atoms with Gasteiger partial charge in [-0.3, -0.25) is 4.79 Å². The van der Waals surface area contributed by atoms with Gasteiger partial charge in [-0.05, 0) is 47.4 Å². The van der Waals surface area contributed by atoms with Gasteiger partial charge < -0.3 is 4.74 Å². The van der Waals surface area contributed by atoms with Crippen LogP contribution in [0.2, 0.25) is 5.02 Å². The fourth-order valence-corrected chi connectivity index (χ4v) is 7.51. The van der Waals surface area contributed by atoms with Crippen LogP contribution < -0.4 is 9.48 Å². The Morgan fingerprint density at radius 2 is 1.72 bits per heavy atom. The summed E-state index contributed by atoms with van der Waals surface area (Å²) in [6.07, 6.45) is 1.29. The Morgan fingerprint density at radius 1 is 1.03 bits per heavy atom. The topological polar surface area (TPSA) is 94.6 Å². The zero-order valence-electron chi connectivity index (χ0n) is 15.0. The number of hydrogen-bond acceptors (Lipinski definition) is 7. The molecular formula is C19H15ClO6S3. The highest BCUT2D eigenvalue weighted by molar-refractivity contribution is 8.09. The van der Waals surface area contributed by atoms with Crippen LogP contribution >= 0.6 is 22.9 Å². The van der Waals surface area contributed by atoms with Gasteiger partial charge in [0.15, 0.2) is 24.8 Å². The van der Waals surface area contributed by atoms with Gasteiger partial charge in [0.2, 0.25) is 0 Å². The van der Waals surface area contributed by atoms with Crippen molar-refractivity contribution in [2.75, 3.05) is 12.2 Å². The second kappa shape index (κ2) is 8.27. The number of ether oxygens (including phenoxy) is 1. The molecular weight excluding hydrogens is 456 g/mol. The van der Waals surface area contributed by atoms with Crippen molar-refractivity contribution in [2.24, 2.45) is 0 Å². The molecule has 152 valence electrons. The van der Waals surface area contributed by atoms with E-state index in [1.165, 1.54) is 19.3 Å². The Labute approximate surface area is 176 Å². The maximum Gasteiger partial charge on any atom is 0.251 e. The minimum absolute atomic E-state index is 0.412. The molecule has 0 N–H and O–H groups in total. The highest BCUT2D eigenvalue weighted by Crippen LogP contribution is 2.24. The number of fused-ring (bicyclic) bond motifs is 1. The Hall–Kier alpha value is -2.20. The van der Waals surface area contributed by atoms with E-state index in [0.29, 0.717) is 37.8 Å². The highest BCUT2D eigenvalue weighted by atomic mass is 35.5. The average molecular weight is 471 g/mol. The lowest BCUT2D eigenvalue weighted by Gasteiger charge is -2.05. The molecule has 3 rings (SSSR count). The second-order valence-electron chi connectivity index (χ2n) is 6.05. The molecule has 0 atom stereocenters. The Morgan fingerprint density at radius 3 is 2.38 bits per heavy atom. The van der Waals surface area contributed by atoms with E-state index >= 15 is 0 Å². The lowest BCUT2D eigenvalue weighted by Crippen LogP contribution is -2.20. The van der Waals surface area contributed by atoms with Crippen LogP contribution in [0.15, 0.2) is 63.6 Å². The molecule has 0 aliphatic carbocycles. The van der Waals surface area contributed by atoms with Crippen molar-refractivity contribution in [2.45, 2.75) is 4.90 Å². The molecule has 0 bridgehead atoms. The largest absolute Gasteiger partial charge is 0.497 e. The predicted octanol–water partition coefficient (Wildman–Crippen LogP) is 3.74. The number of rotatable bonds is 6. The first-order chi connectivity index (χ1) is 13.6. The van der Waals surface area contributed by atoms with Crippen molar-refractivity contribution < 1.29 is 21.6 Å². The van der Waals surface area contributed by atoms with Crippen molar-refractivity contribution in [1.29, 1.82) is 0 Å². The van der Waals surface area contributed by atoms with Crippen molar-refractivity contribution in [1.82, 2.24) is 0 Å². The van der Waals surface area contributed by atoms with Crippen LogP contribution in [0.4, 0.5) is 0 Å². The summed E-state index contributed by atoms with van der Waals surface area (Å²) < 4.78 is 54.7. The summed E-state index contributed by atoms with van der Waals surface area (Å²) in [5.41, 5.74) is 0.557. The number of hydrogen-bond donors (Lipinski definition) is 0. The van der Waals surface area contributed by atoms with Gasteiger partial charge in [0.1, 0.15) is 10.6 Å². The van der Waals surface area contributed by atoms with Crippen LogP contribution in [0.5, 0.6) is 5.75 Å². The third-order valence-corrected chi connectivity index (χ3v) is 9.33. The molecule has 0 fully saturated rings. The summed E-state index contributed by atoms with van der Waals surface area (Å²) in [5.74, 6) is 0.606. The summed E-state index contributed by atoms with van der Waals surface area (Å²) in [7, 11) is -6.99. The van der Waals surface area contributed by atoms with Gasteiger partial charge in [-0.1, -0.05) is 41.1 Å². The van der Waals surface area contributed by atoms with Crippen LogP contribution in [-0.2, 0) is 19.7 Å². The van der Waals surface area contributed by atoms with Crippen LogP contribution in [0, 0.1) is 0 Å². The quantitative estimate of drug-likeness (QED) is 0.544. The smallest absolute Gasteiger partial charge is 0.251 e. The van der Waals surface area contributed by atoms with Gasteiger partial charge in [0.05, 0.1) is 7.11 Å². The first kappa shape index (κ1) is 21.5. The third kappa shape index (κ3) is 5.24. The summed E-state index contributed by atoms with van der Waals surface area (Å²) in [6, 6.07) is 12.4. The molecule has 2 aromatic carbocycles. The molecule has 1 aromatic heterocycles. The maximum absolute atomic E-state index is 12.6. The number of benzene rings is 2. The fourth-order valence-electron chi connectivity index (χ4n) is 2.50. The Kier molecular flexibility index (Phi) is 6.13. The second-order valence-corrected chi connectivity index (χ2v) is 11.7. The van der Waals surface area contributed by atoms with E-state index in [9.17, 15) is 21.6 Å². The maximum atomic E-state index is 12.6. The molecule has 0 saturated carbocycles. The summed E-state index contributed by atoms with van der Waals surface area (Å²) in [4.78, 5) is 11.7. The lowest BCUT2D eigenvalue weighted by atomic mass is 10.2. The van der Waals surface area contributed by atoms with Crippen molar-refractivity contribution >= 4 is 58.8 Å². The van der Waals surface area contributed by atoms with Gasteiger partial charge in [0, 0.05) is 15.1 Å². The zero-order valence-corrected chi connectivity index (χ0v) is 18.2. The van der Waals surface area contributed by atoms with E-state index in [0.717, 1.165) is 5.41 Å². The molecule has 0 aliphatic rings. The van der Waals surface area contributed by atoms with E-state index in [4.69, 9.17) is 16.3 Å². The molecule has 0 aliphatic heterocycles. The number of methoxy groups -OCH3 is 1. The van der Waals surface area contributed by atoms with E-state index in [-0.39, 0.29) is 0 Å².